The third-order valence-corrected chi connectivity index (χ3v) is 6.90. The first-order valence-electron chi connectivity index (χ1n) is 11.9. The Balaban J connectivity index is 1.29. The van der Waals surface area contributed by atoms with E-state index >= 15 is 0 Å². The number of benzene rings is 1. The maximum absolute atomic E-state index is 13.2. The molecule has 0 aromatic heterocycles. The van der Waals surface area contributed by atoms with Crippen molar-refractivity contribution in [2.45, 2.75) is 31.6 Å². The number of carbonyl (C=O) groups excluding carboxylic acids is 2. The Morgan fingerprint density at radius 3 is 2.29 bits per heavy atom. The molecule has 0 bridgehead atoms. The van der Waals surface area contributed by atoms with Crippen LogP contribution in [0.5, 0.6) is 0 Å². The summed E-state index contributed by atoms with van der Waals surface area (Å²) < 4.78 is 5.39. The molecule has 0 saturated carbocycles. The number of carbonyl (C=O) groups is 2. The highest BCUT2D eigenvalue weighted by atomic mass is 16.5. The van der Waals surface area contributed by atoms with Crippen molar-refractivity contribution in [1.29, 1.82) is 0 Å². The van der Waals surface area contributed by atoms with Crippen LogP contribution in [0.15, 0.2) is 30.3 Å². The molecule has 0 radical (unpaired) electrons. The van der Waals surface area contributed by atoms with Crippen molar-refractivity contribution in [2.24, 2.45) is 5.92 Å². The van der Waals surface area contributed by atoms with Gasteiger partial charge in [-0.3, -0.25) is 4.79 Å². The molecule has 3 amide bonds. The number of hydrogen-bond donors (Lipinski definition) is 1. The van der Waals surface area contributed by atoms with Gasteiger partial charge in [-0.25, -0.2) is 4.79 Å². The number of nitrogens with one attached hydrogen (secondary N) is 1. The topological polar surface area (TPSA) is 65.1 Å². The molecular formula is C24H36N4O3. The summed E-state index contributed by atoms with van der Waals surface area (Å²) in [4.78, 5) is 32.4. The number of urea groups is 1. The molecule has 3 fully saturated rings. The molecule has 170 valence electrons. The zero-order valence-electron chi connectivity index (χ0n) is 18.5. The highest BCUT2D eigenvalue weighted by molar-refractivity contribution is 5.85. The van der Waals surface area contributed by atoms with Crippen LogP contribution in [0.4, 0.5) is 4.79 Å². The highest BCUT2D eigenvalue weighted by Crippen LogP contribution is 2.22. The first-order valence-corrected chi connectivity index (χ1v) is 11.9. The highest BCUT2D eigenvalue weighted by Gasteiger charge is 2.29. The van der Waals surface area contributed by atoms with Gasteiger partial charge in [-0.2, -0.15) is 0 Å². The van der Waals surface area contributed by atoms with Crippen LogP contribution in [-0.4, -0.2) is 92.2 Å². The van der Waals surface area contributed by atoms with Crippen molar-refractivity contribution in [3.05, 3.63) is 35.9 Å². The first kappa shape index (κ1) is 22.1. The summed E-state index contributed by atoms with van der Waals surface area (Å²) in [6, 6.07) is 9.74. The van der Waals surface area contributed by atoms with Crippen molar-refractivity contribution >= 4 is 11.9 Å². The summed E-state index contributed by atoms with van der Waals surface area (Å²) in [5.41, 5.74) is 0.948. The van der Waals surface area contributed by atoms with Gasteiger partial charge >= 0.3 is 6.03 Å². The Morgan fingerprint density at radius 2 is 1.61 bits per heavy atom. The Kier molecular flexibility index (Phi) is 7.81. The van der Waals surface area contributed by atoms with Crippen molar-refractivity contribution in [1.82, 2.24) is 20.0 Å². The van der Waals surface area contributed by atoms with Crippen molar-refractivity contribution in [3.8, 4) is 0 Å². The number of ether oxygens (including phenoxy) is 1. The second kappa shape index (κ2) is 11.0. The van der Waals surface area contributed by atoms with Crippen molar-refractivity contribution in [2.75, 3.05) is 65.6 Å². The lowest BCUT2D eigenvalue weighted by Crippen LogP contribution is -2.49. The molecule has 1 atom stereocenters. The molecular weight excluding hydrogens is 392 g/mol. The molecule has 4 rings (SSSR count). The van der Waals surface area contributed by atoms with E-state index in [4.69, 9.17) is 4.74 Å². The van der Waals surface area contributed by atoms with Crippen LogP contribution in [0.1, 0.15) is 37.2 Å². The number of piperidine rings is 1. The molecule has 1 aromatic carbocycles. The molecule has 0 spiro atoms. The first-order chi connectivity index (χ1) is 15.2. The van der Waals surface area contributed by atoms with E-state index in [2.05, 4.69) is 10.2 Å². The Bertz CT molecular complexity index is 709. The van der Waals surface area contributed by atoms with Crippen LogP contribution in [0.25, 0.3) is 0 Å². The minimum Gasteiger partial charge on any atom is -0.378 e. The standard InChI is InChI=1S/C24H36N4O3/c29-23(27-14-16-31-17-15-27)22(21-6-2-1-3-7-21)18-25-24(30)28-12-8-20(9-13-28)19-26-10-4-5-11-26/h1-3,6-7,20,22H,4-5,8-19H2,(H,25,30). The fraction of sp³-hybridized carbons (Fsp3) is 0.667. The number of nitrogens with zero attached hydrogens (tertiary/aromatic N) is 3. The maximum Gasteiger partial charge on any atom is 0.317 e. The summed E-state index contributed by atoms with van der Waals surface area (Å²) in [5.74, 6) is 0.400. The summed E-state index contributed by atoms with van der Waals surface area (Å²) in [6.45, 7) is 7.96. The van der Waals surface area contributed by atoms with E-state index < -0.39 is 0 Å². The fourth-order valence-corrected chi connectivity index (χ4v) is 4.99. The van der Waals surface area contributed by atoms with Gasteiger partial charge in [-0.15, -0.1) is 0 Å². The summed E-state index contributed by atoms with van der Waals surface area (Å²) in [7, 11) is 0. The quantitative estimate of drug-likeness (QED) is 0.754. The van der Waals surface area contributed by atoms with Crippen LogP contribution in [-0.2, 0) is 9.53 Å². The number of rotatable bonds is 6. The molecule has 7 nitrogen and oxygen atoms in total. The van der Waals surface area contributed by atoms with Crippen LogP contribution < -0.4 is 5.32 Å². The van der Waals surface area contributed by atoms with Gasteiger partial charge in [0.05, 0.1) is 19.1 Å². The van der Waals surface area contributed by atoms with E-state index in [0.29, 0.717) is 38.8 Å². The van der Waals surface area contributed by atoms with E-state index in [1.54, 1.807) is 0 Å². The second-order valence-corrected chi connectivity index (χ2v) is 9.03. The van der Waals surface area contributed by atoms with Gasteiger partial charge < -0.3 is 24.8 Å². The lowest BCUT2D eigenvalue weighted by molar-refractivity contribution is -0.136. The predicted molar refractivity (Wildman–Crippen MR) is 120 cm³/mol. The predicted octanol–water partition coefficient (Wildman–Crippen LogP) is 2.15. The van der Waals surface area contributed by atoms with Gasteiger partial charge in [0.1, 0.15) is 0 Å². The van der Waals surface area contributed by atoms with Gasteiger partial charge in [-0.1, -0.05) is 30.3 Å². The summed E-state index contributed by atoms with van der Waals surface area (Å²) >= 11 is 0. The third kappa shape index (κ3) is 5.98. The van der Waals surface area contributed by atoms with Crippen molar-refractivity contribution < 1.29 is 14.3 Å². The minimum atomic E-state index is -0.365. The lowest BCUT2D eigenvalue weighted by Gasteiger charge is -2.34. The smallest absolute Gasteiger partial charge is 0.317 e. The monoisotopic (exact) mass is 428 g/mol. The molecule has 1 unspecified atom stereocenters. The van der Waals surface area contributed by atoms with Gasteiger partial charge in [0, 0.05) is 39.3 Å². The Hall–Kier alpha value is -2.12. The number of hydrogen-bond acceptors (Lipinski definition) is 4. The van der Waals surface area contributed by atoms with E-state index in [1.165, 1.54) is 32.5 Å². The van der Waals surface area contributed by atoms with Gasteiger partial charge in [0.2, 0.25) is 5.91 Å². The maximum atomic E-state index is 13.2. The lowest BCUT2D eigenvalue weighted by atomic mass is 9.96. The molecule has 3 aliphatic rings. The Labute approximate surface area is 185 Å². The zero-order chi connectivity index (χ0) is 21.5. The van der Waals surface area contributed by atoms with E-state index in [1.807, 2.05) is 40.1 Å². The average molecular weight is 429 g/mol. The molecule has 1 aromatic rings. The third-order valence-electron chi connectivity index (χ3n) is 6.90. The number of amides is 3. The molecule has 3 heterocycles. The number of likely N-dealkylation sites (tertiary alicyclic amines) is 2. The molecule has 3 saturated heterocycles. The molecule has 7 heteroatoms. The van der Waals surface area contributed by atoms with Gasteiger partial charge in [-0.05, 0) is 50.3 Å². The average Bonchev–Trinajstić information content (AvgIpc) is 3.34. The van der Waals surface area contributed by atoms with Crippen molar-refractivity contribution in [3.63, 3.8) is 0 Å². The van der Waals surface area contributed by atoms with Crippen LogP contribution in [0, 0.1) is 5.92 Å². The molecule has 0 aliphatic carbocycles. The van der Waals surface area contributed by atoms with E-state index in [-0.39, 0.29) is 17.9 Å². The SMILES string of the molecule is O=C(NCC(C(=O)N1CCOCC1)c1ccccc1)N1CCC(CN2CCCC2)CC1. The zero-order valence-corrected chi connectivity index (χ0v) is 18.5. The van der Waals surface area contributed by atoms with Crippen LogP contribution in [0.2, 0.25) is 0 Å². The van der Waals surface area contributed by atoms with Gasteiger partial charge in [0.15, 0.2) is 0 Å². The Morgan fingerprint density at radius 1 is 0.935 bits per heavy atom. The van der Waals surface area contributed by atoms with Crippen LogP contribution in [0.3, 0.4) is 0 Å². The van der Waals surface area contributed by atoms with Gasteiger partial charge in [0.25, 0.3) is 0 Å². The van der Waals surface area contributed by atoms with Crippen LogP contribution >= 0.6 is 0 Å². The molecule has 31 heavy (non-hydrogen) atoms. The normalized spacial score (nSPS) is 21.8. The minimum absolute atomic E-state index is 0.0460. The fourth-order valence-electron chi connectivity index (χ4n) is 4.99. The van der Waals surface area contributed by atoms with E-state index in [9.17, 15) is 9.59 Å². The largest absolute Gasteiger partial charge is 0.378 e. The molecule has 1 N–H and O–H groups in total. The second-order valence-electron chi connectivity index (χ2n) is 9.03. The summed E-state index contributed by atoms with van der Waals surface area (Å²) in [6.07, 6.45) is 4.79. The van der Waals surface area contributed by atoms with E-state index in [0.717, 1.165) is 31.5 Å². The summed E-state index contributed by atoms with van der Waals surface area (Å²) in [5, 5.41) is 3.06. The number of morpholine rings is 1. The molecule has 3 aliphatic heterocycles.